The summed E-state index contributed by atoms with van der Waals surface area (Å²) in [6.45, 7) is 3.47. The first-order valence-electron chi connectivity index (χ1n) is 10.7. The molecule has 0 unspecified atom stereocenters. The molecule has 2 aromatic heterocycles. The van der Waals surface area contributed by atoms with Gasteiger partial charge in [-0.25, -0.2) is 4.98 Å². The fourth-order valence-corrected chi connectivity index (χ4v) is 4.52. The van der Waals surface area contributed by atoms with Crippen LogP contribution in [0.15, 0.2) is 24.4 Å². The molecule has 1 saturated carbocycles. The summed E-state index contributed by atoms with van der Waals surface area (Å²) in [7, 11) is 0. The van der Waals surface area contributed by atoms with Crippen molar-refractivity contribution < 1.29 is 9.53 Å². The number of fused-ring (bicyclic) bond motifs is 3. The molecule has 1 atom stereocenters. The second-order valence-electron chi connectivity index (χ2n) is 8.45. The number of nitrogens with zero attached hydrogens (tertiary/aromatic N) is 4. The first-order valence-corrected chi connectivity index (χ1v) is 10.7. The fourth-order valence-electron chi connectivity index (χ4n) is 4.52. The van der Waals surface area contributed by atoms with Gasteiger partial charge in [0.2, 0.25) is 5.91 Å². The number of nitrogens with one attached hydrogen (secondary N) is 1. The number of benzene rings is 1. The molecule has 1 N–H and O–H groups in total. The standard InChI is InChI=1S/C23H25N5O2/c1-14(16-3-4-16)26-22(29)11-21-27-20-13-25-19-5-2-15(12-24)10-18(19)23(20)28(21)17-6-8-30-9-7-17/h2,5,10,13-14,16-17H,3-4,6-9,11H2,1H3,(H,26,29)/t14-/m1/s1. The van der Waals surface area contributed by atoms with Crippen LogP contribution >= 0.6 is 0 Å². The minimum atomic E-state index is 0.00740. The van der Waals surface area contributed by atoms with Crippen LogP contribution in [0.1, 0.15) is 50.0 Å². The van der Waals surface area contributed by atoms with Gasteiger partial charge in [0.15, 0.2) is 0 Å². The molecule has 1 aliphatic heterocycles. The summed E-state index contributed by atoms with van der Waals surface area (Å²) in [6, 6.07) is 8.17. The Morgan fingerprint density at radius 1 is 1.30 bits per heavy atom. The highest BCUT2D eigenvalue weighted by Crippen LogP contribution is 2.34. The van der Waals surface area contributed by atoms with E-state index in [1.54, 1.807) is 12.3 Å². The molecule has 1 amide bonds. The third-order valence-electron chi connectivity index (χ3n) is 6.31. The average Bonchev–Trinajstić information content (AvgIpc) is 3.55. The Labute approximate surface area is 175 Å². The molecule has 0 bridgehead atoms. The molecule has 0 radical (unpaired) electrons. The van der Waals surface area contributed by atoms with Crippen LogP contribution < -0.4 is 5.32 Å². The van der Waals surface area contributed by atoms with Crippen molar-refractivity contribution in [1.82, 2.24) is 19.9 Å². The van der Waals surface area contributed by atoms with Crippen molar-refractivity contribution in [3.63, 3.8) is 0 Å². The van der Waals surface area contributed by atoms with E-state index in [0.29, 0.717) is 24.7 Å². The number of rotatable bonds is 5. The lowest BCUT2D eigenvalue weighted by atomic mass is 10.1. The van der Waals surface area contributed by atoms with Crippen LogP contribution in [0.5, 0.6) is 0 Å². The summed E-state index contributed by atoms with van der Waals surface area (Å²) >= 11 is 0. The number of carbonyl (C=O) groups excluding carboxylic acids is 1. The van der Waals surface area contributed by atoms with Crippen molar-refractivity contribution in [3.8, 4) is 6.07 Å². The van der Waals surface area contributed by atoms with E-state index in [0.717, 1.165) is 40.6 Å². The zero-order valence-corrected chi connectivity index (χ0v) is 17.1. The Kier molecular flexibility index (Phi) is 4.87. The summed E-state index contributed by atoms with van der Waals surface area (Å²) in [5, 5.41) is 13.4. The van der Waals surface area contributed by atoms with Gasteiger partial charge in [0.25, 0.3) is 0 Å². The number of ether oxygens (including phenoxy) is 1. The zero-order chi connectivity index (χ0) is 20.7. The van der Waals surface area contributed by atoms with E-state index in [1.165, 1.54) is 12.8 Å². The highest BCUT2D eigenvalue weighted by Gasteiger charge is 2.30. The molecule has 1 aromatic carbocycles. The first-order chi connectivity index (χ1) is 14.6. The van der Waals surface area contributed by atoms with Gasteiger partial charge in [-0.2, -0.15) is 5.26 Å². The predicted molar refractivity (Wildman–Crippen MR) is 113 cm³/mol. The number of aromatic nitrogens is 3. The van der Waals surface area contributed by atoms with Crippen LogP contribution in [0.25, 0.3) is 21.9 Å². The molecule has 2 fully saturated rings. The summed E-state index contributed by atoms with van der Waals surface area (Å²) in [6.07, 6.45) is 6.15. The molecule has 154 valence electrons. The molecule has 5 rings (SSSR count). The summed E-state index contributed by atoms with van der Waals surface area (Å²) in [4.78, 5) is 22.1. The van der Waals surface area contributed by atoms with Gasteiger partial charge >= 0.3 is 0 Å². The molecule has 3 heterocycles. The molecule has 1 saturated heterocycles. The van der Waals surface area contributed by atoms with Gasteiger partial charge < -0.3 is 14.6 Å². The van der Waals surface area contributed by atoms with Crippen molar-refractivity contribution in [3.05, 3.63) is 35.8 Å². The van der Waals surface area contributed by atoms with Crippen molar-refractivity contribution in [2.24, 2.45) is 5.92 Å². The van der Waals surface area contributed by atoms with Gasteiger partial charge in [-0.3, -0.25) is 9.78 Å². The molecule has 1 aliphatic carbocycles. The van der Waals surface area contributed by atoms with Gasteiger partial charge in [-0.1, -0.05) is 0 Å². The van der Waals surface area contributed by atoms with Crippen LogP contribution in [-0.4, -0.2) is 39.7 Å². The third-order valence-corrected chi connectivity index (χ3v) is 6.31. The number of hydrogen-bond acceptors (Lipinski definition) is 5. The summed E-state index contributed by atoms with van der Waals surface area (Å²) in [5.74, 6) is 1.38. The van der Waals surface area contributed by atoms with Crippen molar-refractivity contribution in [1.29, 1.82) is 5.26 Å². The predicted octanol–water partition coefficient (Wildman–Crippen LogP) is 3.26. The van der Waals surface area contributed by atoms with Gasteiger partial charge in [0.05, 0.1) is 35.3 Å². The minimum absolute atomic E-state index is 0.00740. The number of amides is 1. The van der Waals surface area contributed by atoms with Crippen LogP contribution in [0.2, 0.25) is 0 Å². The molecular formula is C23H25N5O2. The van der Waals surface area contributed by atoms with Crippen molar-refractivity contribution >= 4 is 27.8 Å². The van der Waals surface area contributed by atoms with E-state index in [9.17, 15) is 10.1 Å². The molecule has 2 aliphatic rings. The lowest BCUT2D eigenvalue weighted by molar-refractivity contribution is -0.121. The quantitative estimate of drug-likeness (QED) is 0.706. The first kappa shape index (κ1) is 19.0. The van der Waals surface area contributed by atoms with Gasteiger partial charge in [0, 0.05) is 30.7 Å². The molecule has 30 heavy (non-hydrogen) atoms. The normalized spacial score (nSPS) is 18.4. The number of pyridine rings is 1. The number of hydrogen-bond donors (Lipinski definition) is 1. The Balaban J connectivity index is 1.60. The summed E-state index contributed by atoms with van der Waals surface area (Å²) in [5.41, 5.74) is 3.14. The average molecular weight is 403 g/mol. The van der Waals surface area contributed by atoms with E-state index in [2.05, 4.69) is 27.9 Å². The second-order valence-corrected chi connectivity index (χ2v) is 8.45. The fraction of sp³-hybridized carbons (Fsp3) is 0.478. The van der Waals surface area contributed by atoms with E-state index < -0.39 is 0 Å². The summed E-state index contributed by atoms with van der Waals surface area (Å²) < 4.78 is 7.78. The van der Waals surface area contributed by atoms with Crippen LogP contribution in [0, 0.1) is 17.2 Å². The smallest absolute Gasteiger partial charge is 0.227 e. The Bertz CT molecular complexity index is 1150. The Morgan fingerprint density at radius 2 is 2.10 bits per heavy atom. The number of nitriles is 1. The molecule has 7 nitrogen and oxygen atoms in total. The topological polar surface area (TPSA) is 92.8 Å². The lowest BCUT2D eigenvalue weighted by Crippen LogP contribution is -2.36. The Morgan fingerprint density at radius 3 is 2.83 bits per heavy atom. The number of carbonyl (C=O) groups is 1. The molecule has 3 aromatic rings. The largest absolute Gasteiger partial charge is 0.381 e. The van der Waals surface area contributed by atoms with Gasteiger partial charge in [0.1, 0.15) is 11.3 Å². The maximum atomic E-state index is 12.8. The van der Waals surface area contributed by atoms with Crippen LogP contribution in [-0.2, 0) is 16.0 Å². The maximum Gasteiger partial charge on any atom is 0.227 e. The number of imidazole rings is 1. The maximum absolute atomic E-state index is 12.8. The third kappa shape index (κ3) is 3.52. The monoisotopic (exact) mass is 403 g/mol. The van der Waals surface area contributed by atoms with E-state index in [4.69, 9.17) is 9.72 Å². The lowest BCUT2D eigenvalue weighted by Gasteiger charge is -2.26. The van der Waals surface area contributed by atoms with Gasteiger partial charge in [-0.05, 0) is 56.7 Å². The molecule has 7 heteroatoms. The zero-order valence-electron chi connectivity index (χ0n) is 17.1. The second kappa shape index (κ2) is 7.69. The van der Waals surface area contributed by atoms with E-state index >= 15 is 0 Å². The van der Waals surface area contributed by atoms with E-state index in [1.807, 2.05) is 12.1 Å². The Hall–Kier alpha value is -2.98. The van der Waals surface area contributed by atoms with Crippen molar-refractivity contribution in [2.45, 2.75) is 51.1 Å². The van der Waals surface area contributed by atoms with E-state index in [-0.39, 0.29) is 24.4 Å². The van der Waals surface area contributed by atoms with Crippen molar-refractivity contribution in [2.75, 3.05) is 13.2 Å². The highest BCUT2D eigenvalue weighted by atomic mass is 16.5. The SMILES string of the molecule is C[C@@H](NC(=O)Cc1nc2cnc3ccc(C#N)cc3c2n1C1CCOCC1)C1CC1. The van der Waals surface area contributed by atoms with Gasteiger partial charge in [-0.15, -0.1) is 0 Å². The van der Waals surface area contributed by atoms with Crippen LogP contribution in [0.4, 0.5) is 0 Å². The molecular weight excluding hydrogens is 378 g/mol. The highest BCUT2D eigenvalue weighted by molar-refractivity contribution is 6.03. The van der Waals surface area contributed by atoms with Crippen LogP contribution in [0.3, 0.4) is 0 Å². The minimum Gasteiger partial charge on any atom is -0.381 e. The molecule has 0 spiro atoms.